The van der Waals surface area contributed by atoms with E-state index in [2.05, 4.69) is 0 Å². The highest BCUT2D eigenvalue weighted by Crippen LogP contribution is 2.15. The molecule has 0 aliphatic rings. The summed E-state index contributed by atoms with van der Waals surface area (Å²) in [5.74, 6) is -1.24. The lowest BCUT2D eigenvalue weighted by molar-refractivity contribution is -0.154. The summed E-state index contributed by atoms with van der Waals surface area (Å²) < 4.78 is 10.6. The van der Waals surface area contributed by atoms with Gasteiger partial charge in [0, 0.05) is 0 Å². The van der Waals surface area contributed by atoms with Crippen LogP contribution in [-0.4, -0.2) is 30.3 Å². The number of hydrogen-bond acceptors (Lipinski definition) is 4. The van der Waals surface area contributed by atoms with Gasteiger partial charge in [-0.1, -0.05) is 32.0 Å². The van der Waals surface area contributed by atoms with Gasteiger partial charge >= 0.3 is 11.9 Å². The lowest BCUT2D eigenvalue weighted by atomic mass is 10.0. The van der Waals surface area contributed by atoms with E-state index in [1.807, 2.05) is 44.2 Å². The third-order valence-electron chi connectivity index (χ3n) is 2.79. The fourth-order valence-electron chi connectivity index (χ4n) is 1.72. The topological polar surface area (TPSA) is 72.8 Å². The molecule has 0 bridgehead atoms. The van der Waals surface area contributed by atoms with Crippen molar-refractivity contribution in [3.8, 4) is 5.75 Å². The van der Waals surface area contributed by atoms with Crippen molar-refractivity contribution in [3.63, 3.8) is 0 Å². The van der Waals surface area contributed by atoms with E-state index in [4.69, 9.17) is 14.6 Å². The van der Waals surface area contributed by atoms with E-state index in [0.717, 1.165) is 0 Å². The molecule has 5 heteroatoms. The zero-order chi connectivity index (χ0) is 15.7. The number of benzene rings is 1. The molecule has 0 radical (unpaired) electrons. The van der Waals surface area contributed by atoms with Crippen molar-refractivity contribution in [1.82, 2.24) is 0 Å². The van der Waals surface area contributed by atoms with Crippen LogP contribution in [-0.2, 0) is 14.3 Å². The molecule has 0 aliphatic carbocycles. The number of esters is 1. The van der Waals surface area contributed by atoms with E-state index < -0.39 is 17.9 Å². The molecule has 1 N–H and O–H groups in total. The zero-order valence-electron chi connectivity index (χ0n) is 12.5. The number of ether oxygens (including phenoxy) is 2. The minimum Gasteiger partial charge on any atom is -0.494 e. The number of aliphatic carboxylic acids is 1. The highest BCUT2D eigenvalue weighted by atomic mass is 16.5. The van der Waals surface area contributed by atoms with Gasteiger partial charge in [-0.15, -0.1) is 0 Å². The van der Waals surface area contributed by atoms with Crippen LogP contribution in [0.4, 0.5) is 0 Å². The lowest BCUT2D eigenvalue weighted by Gasteiger charge is -2.15. The molecule has 0 saturated carbocycles. The fourth-order valence-corrected chi connectivity index (χ4v) is 1.72. The predicted molar refractivity (Wildman–Crippen MR) is 78.1 cm³/mol. The van der Waals surface area contributed by atoms with E-state index in [1.165, 1.54) is 0 Å². The van der Waals surface area contributed by atoms with Crippen LogP contribution in [0.2, 0.25) is 0 Å². The highest BCUT2D eigenvalue weighted by molar-refractivity contribution is 5.79. The van der Waals surface area contributed by atoms with Crippen LogP contribution in [0, 0.1) is 11.8 Å². The molecule has 21 heavy (non-hydrogen) atoms. The van der Waals surface area contributed by atoms with Gasteiger partial charge in [0.25, 0.3) is 0 Å². The largest absolute Gasteiger partial charge is 0.494 e. The van der Waals surface area contributed by atoms with Crippen molar-refractivity contribution in [2.75, 3.05) is 13.2 Å². The minimum absolute atomic E-state index is 0.222. The molecule has 1 aromatic rings. The first-order valence-corrected chi connectivity index (χ1v) is 7.05. The monoisotopic (exact) mass is 294 g/mol. The summed E-state index contributed by atoms with van der Waals surface area (Å²) in [5.41, 5.74) is 0. The second kappa shape index (κ2) is 9.00. The standard InChI is InChI=1S/C16H22O5/c1-12(2)11-21-16(19)13(10-15(17)18)8-9-20-14-6-4-3-5-7-14/h3-7,12-13H,8-11H2,1-2H3,(H,17,18)/t13-/m1/s1. The van der Waals surface area contributed by atoms with Crippen molar-refractivity contribution in [1.29, 1.82) is 0 Å². The number of carboxylic acids is 1. The normalized spacial score (nSPS) is 12.0. The van der Waals surface area contributed by atoms with E-state index in [9.17, 15) is 9.59 Å². The number of carboxylic acid groups (broad SMARTS) is 1. The van der Waals surface area contributed by atoms with Crippen molar-refractivity contribution in [2.24, 2.45) is 11.8 Å². The quantitative estimate of drug-likeness (QED) is 0.709. The van der Waals surface area contributed by atoms with Crippen LogP contribution in [0.15, 0.2) is 30.3 Å². The second-order valence-electron chi connectivity index (χ2n) is 5.27. The van der Waals surface area contributed by atoms with Gasteiger partial charge in [0.15, 0.2) is 0 Å². The fraction of sp³-hybridized carbons (Fsp3) is 0.500. The first-order valence-electron chi connectivity index (χ1n) is 7.05. The number of carbonyl (C=O) groups excluding carboxylic acids is 1. The molecule has 0 amide bonds. The molecular weight excluding hydrogens is 272 g/mol. The van der Waals surface area contributed by atoms with Crippen molar-refractivity contribution in [2.45, 2.75) is 26.7 Å². The minimum atomic E-state index is -1.01. The smallest absolute Gasteiger partial charge is 0.309 e. The summed E-state index contributed by atoms with van der Waals surface area (Å²) in [6, 6.07) is 9.19. The van der Waals surface area contributed by atoms with E-state index >= 15 is 0 Å². The number of rotatable bonds is 9. The Morgan fingerprint density at radius 3 is 2.43 bits per heavy atom. The van der Waals surface area contributed by atoms with E-state index in [-0.39, 0.29) is 18.9 Å². The van der Waals surface area contributed by atoms with Crippen molar-refractivity contribution < 1.29 is 24.2 Å². The number of hydrogen-bond donors (Lipinski definition) is 1. The first-order chi connectivity index (χ1) is 9.99. The molecule has 0 unspecified atom stereocenters. The molecule has 0 heterocycles. The summed E-state index contributed by atoms with van der Waals surface area (Å²) in [6.45, 7) is 4.43. The molecule has 0 fully saturated rings. The van der Waals surface area contributed by atoms with Crippen molar-refractivity contribution in [3.05, 3.63) is 30.3 Å². The second-order valence-corrected chi connectivity index (χ2v) is 5.27. The summed E-state index contributed by atoms with van der Waals surface area (Å²) >= 11 is 0. The third-order valence-corrected chi connectivity index (χ3v) is 2.79. The van der Waals surface area contributed by atoms with Crippen molar-refractivity contribution >= 4 is 11.9 Å². The summed E-state index contributed by atoms with van der Waals surface area (Å²) in [6.07, 6.45) is 0.0766. The molecule has 5 nitrogen and oxygen atoms in total. The Morgan fingerprint density at radius 2 is 1.86 bits per heavy atom. The van der Waals surface area contributed by atoms with Gasteiger partial charge in [0.2, 0.25) is 0 Å². The lowest BCUT2D eigenvalue weighted by Crippen LogP contribution is -2.24. The summed E-state index contributed by atoms with van der Waals surface area (Å²) in [7, 11) is 0. The van der Waals surface area contributed by atoms with Gasteiger partial charge in [-0.25, -0.2) is 0 Å². The Balaban J connectivity index is 2.45. The number of para-hydroxylation sites is 1. The molecule has 0 aliphatic heterocycles. The van der Waals surface area contributed by atoms with Crippen LogP contribution in [0.3, 0.4) is 0 Å². The van der Waals surface area contributed by atoms with Gasteiger partial charge in [0.05, 0.1) is 25.6 Å². The van der Waals surface area contributed by atoms with Crippen LogP contribution >= 0.6 is 0 Å². The van der Waals surface area contributed by atoms with E-state index in [1.54, 1.807) is 0 Å². The van der Waals surface area contributed by atoms with Gasteiger partial charge in [-0.05, 0) is 24.5 Å². The van der Waals surface area contributed by atoms with Crippen LogP contribution < -0.4 is 4.74 Å². The Morgan fingerprint density at radius 1 is 1.19 bits per heavy atom. The van der Waals surface area contributed by atoms with Crippen LogP contribution in [0.1, 0.15) is 26.7 Å². The molecule has 1 rings (SSSR count). The Labute approximate surface area is 124 Å². The highest BCUT2D eigenvalue weighted by Gasteiger charge is 2.23. The van der Waals surface area contributed by atoms with Gasteiger partial charge < -0.3 is 14.6 Å². The average Bonchev–Trinajstić information content (AvgIpc) is 2.44. The zero-order valence-corrected chi connectivity index (χ0v) is 12.5. The predicted octanol–water partition coefficient (Wildman–Crippen LogP) is 2.75. The maximum absolute atomic E-state index is 11.9. The molecular formula is C16H22O5. The number of carbonyl (C=O) groups is 2. The van der Waals surface area contributed by atoms with Gasteiger partial charge in [-0.2, -0.15) is 0 Å². The third kappa shape index (κ3) is 7.34. The van der Waals surface area contributed by atoms with Crippen LogP contribution in [0.25, 0.3) is 0 Å². The molecule has 0 saturated heterocycles. The maximum Gasteiger partial charge on any atom is 0.309 e. The Hall–Kier alpha value is -2.04. The molecule has 116 valence electrons. The maximum atomic E-state index is 11.9. The van der Waals surface area contributed by atoms with Crippen LogP contribution in [0.5, 0.6) is 5.75 Å². The average molecular weight is 294 g/mol. The SMILES string of the molecule is CC(C)COC(=O)[C@H](CCOc1ccccc1)CC(=O)O. The first kappa shape index (κ1) is 17.0. The summed E-state index contributed by atoms with van der Waals surface area (Å²) in [4.78, 5) is 22.7. The Kier molecular flexibility index (Phi) is 7.29. The van der Waals surface area contributed by atoms with Gasteiger partial charge in [0.1, 0.15) is 5.75 Å². The summed E-state index contributed by atoms with van der Waals surface area (Å²) in [5, 5.41) is 8.88. The molecule has 0 aromatic heterocycles. The van der Waals surface area contributed by atoms with E-state index in [0.29, 0.717) is 18.8 Å². The van der Waals surface area contributed by atoms with Gasteiger partial charge in [-0.3, -0.25) is 9.59 Å². The Bertz CT molecular complexity index is 441. The molecule has 0 spiro atoms. The molecule has 1 atom stereocenters. The molecule has 1 aromatic carbocycles.